The third-order valence-electron chi connectivity index (χ3n) is 6.26. The molecular weight excluding hydrogens is 388 g/mol. The summed E-state index contributed by atoms with van der Waals surface area (Å²) in [6, 6.07) is 0. The van der Waals surface area contributed by atoms with E-state index in [9.17, 15) is 4.79 Å². The van der Waals surface area contributed by atoms with Gasteiger partial charge in [0.05, 0.1) is 65.6 Å². The number of hydrogen-bond donors (Lipinski definition) is 0. The van der Waals surface area contributed by atoms with Gasteiger partial charge in [0.1, 0.15) is 6.61 Å². The van der Waals surface area contributed by atoms with Gasteiger partial charge in [-0.1, -0.05) is 18.7 Å². The van der Waals surface area contributed by atoms with Gasteiger partial charge >= 0.3 is 5.97 Å². The monoisotopic (exact) mass is 424 g/mol. The van der Waals surface area contributed by atoms with Crippen molar-refractivity contribution < 1.29 is 33.2 Å². The van der Waals surface area contributed by atoms with Crippen molar-refractivity contribution in [1.29, 1.82) is 0 Å². The van der Waals surface area contributed by atoms with Gasteiger partial charge in [-0.2, -0.15) is 0 Å². The first-order chi connectivity index (χ1) is 14.8. The highest BCUT2D eigenvalue weighted by molar-refractivity contribution is 5.81. The number of ether oxygens (including phenoxy) is 6. The summed E-state index contributed by atoms with van der Waals surface area (Å²) in [5, 5.41) is 0. The standard InChI is InChI=1S/C23H36O7/c1-2-23(24)30-15-13-28-11-9-26-7-6-25-8-10-27-12-14-29-22-17-18-16-21(22)20-5-3-4-19(18)20/h2-4,18-22H,1,5-17H2. The lowest BCUT2D eigenvalue weighted by Gasteiger charge is -2.31. The Hall–Kier alpha value is -1.25. The van der Waals surface area contributed by atoms with Gasteiger partial charge in [-0.15, -0.1) is 0 Å². The largest absolute Gasteiger partial charge is 0.460 e. The van der Waals surface area contributed by atoms with Gasteiger partial charge in [0.15, 0.2) is 0 Å². The third-order valence-corrected chi connectivity index (χ3v) is 6.26. The number of hydrogen-bond acceptors (Lipinski definition) is 7. The summed E-state index contributed by atoms with van der Waals surface area (Å²) < 4.78 is 32.7. The highest BCUT2D eigenvalue weighted by Gasteiger charge is 2.52. The van der Waals surface area contributed by atoms with Crippen LogP contribution < -0.4 is 0 Å². The topological polar surface area (TPSA) is 72.5 Å². The summed E-state index contributed by atoms with van der Waals surface area (Å²) >= 11 is 0. The molecule has 7 nitrogen and oxygen atoms in total. The van der Waals surface area contributed by atoms with Crippen molar-refractivity contribution in [1.82, 2.24) is 0 Å². The molecule has 0 radical (unpaired) electrons. The van der Waals surface area contributed by atoms with Gasteiger partial charge in [-0.3, -0.25) is 0 Å². The molecule has 0 aromatic heterocycles. The molecular formula is C23H36O7. The van der Waals surface area contributed by atoms with Crippen LogP contribution in [0.4, 0.5) is 0 Å². The van der Waals surface area contributed by atoms with Crippen LogP contribution in [0.3, 0.4) is 0 Å². The second-order valence-corrected chi connectivity index (χ2v) is 8.03. The molecule has 0 aromatic carbocycles. The minimum absolute atomic E-state index is 0.221. The zero-order valence-corrected chi connectivity index (χ0v) is 17.9. The predicted octanol–water partition coefficient (Wildman–Crippen LogP) is 2.40. The minimum atomic E-state index is -0.441. The average molecular weight is 425 g/mol. The molecule has 3 aliphatic rings. The molecule has 0 saturated heterocycles. The maximum Gasteiger partial charge on any atom is 0.330 e. The lowest BCUT2D eigenvalue weighted by molar-refractivity contribution is -0.139. The quantitative estimate of drug-likeness (QED) is 0.154. The van der Waals surface area contributed by atoms with Gasteiger partial charge in [0.2, 0.25) is 0 Å². The molecule has 2 bridgehead atoms. The van der Waals surface area contributed by atoms with E-state index >= 15 is 0 Å². The molecule has 170 valence electrons. The van der Waals surface area contributed by atoms with E-state index in [1.807, 2.05) is 0 Å². The van der Waals surface area contributed by atoms with Crippen LogP contribution in [-0.2, 0) is 33.2 Å². The molecule has 0 aromatic rings. The molecule has 0 aliphatic heterocycles. The highest BCUT2D eigenvalue weighted by atomic mass is 16.6. The van der Waals surface area contributed by atoms with Gasteiger partial charge in [-0.05, 0) is 42.9 Å². The number of carbonyl (C=O) groups excluding carboxylic acids is 1. The number of carbonyl (C=O) groups is 1. The highest BCUT2D eigenvalue weighted by Crippen LogP contribution is 2.57. The second kappa shape index (κ2) is 13.2. The molecule has 5 unspecified atom stereocenters. The van der Waals surface area contributed by atoms with Crippen molar-refractivity contribution in [3.63, 3.8) is 0 Å². The summed E-state index contributed by atoms with van der Waals surface area (Å²) in [6.45, 7) is 8.28. The van der Waals surface area contributed by atoms with Crippen LogP contribution in [0.25, 0.3) is 0 Å². The molecule has 3 aliphatic carbocycles. The van der Waals surface area contributed by atoms with Gasteiger partial charge in [0.25, 0.3) is 0 Å². The first-order valence-electron chi connectivity index (χ1n) is 11.2. The van der Waals surface area contributed by atoms with Crippen LogP contribution in [0.2, 0.25) is 0 Å². The summed E-state index contributed by atoms with van der Waals surface area (Å²) in [5.74, 6) is 2.86. The summed E-state index contributed by atoms with van der Waals surface area (Å²) in [5.41, 5.74) is 0. The summed E-state index contributed by atoms with van der Waals surface area (Å²) in [6.07, 6.45) is 10.2. The number of esters is 1. The molecule has 30 heavy (non-hydrogen) atoms. The Morgan fingerprint density at radius 3 is 2.07 bits per heavy atom. The molecule has 5 atom stereocenters. The molecule has 0 heterocycles. The smallest absolute Gasteiger partial charge is 0.330 e. The van der Waals surface area contributed by atoms with Crippen molar-refractivity contribution in [2.45, 2.75) is 25.4 Å². The average Bonchev–Trinajstić information content (AvgIpc) is 3.47. The van der Waals surface area contributed by atoms with E-state index < -0.39 is 5.97 Å². The molecule has 3 rings (SSSR count). The van der Waals surface area contributed by atoms with Crippen molar-refractivity contribution in [2.75, 3.05) is 66.1 Å². The number of fused-ring (bicyclic) bond motifs is 5. The zero-order chi connectivity index (χ0) is 21.0. The Morgan fingerprint density at radius 2 is 1.43 bits per heavy atom. The van der Waals surface area contributed by atoms with E-state index in [0.717, 1.165) is 29.7 Å². The van der Waals surface area contributed by atoms with E-state index in [1.165, 1.54) is 19.3 Å². The van der Waals surface area contributed by atoms with Crippen molar-refractivity contribution in [2.24, 2.45) is 23.7 Å². The third kappa shape index (κ3) is 7.17. The van der Waals surface area contributed by atoms with Crippen molar-refractivity contribution in [3.05, 3.63) is 24.8 Å². The van der Waals surface area contributed by atoms with Crippen molar-refractivity contribution >= 4 is 5.97 Å². The molecule has 0 spiro atoms. The zero-order valence-electron chi connectivity index (χ0n) is 17.9. The molecule has 7 heteroatoms. The lowest BCUT2D eigenvalue weighted by Crippen LogP contribution is -2.31. The maximum absolute atomic E-state index is 10.8. The summed E-state index contributed by atoms with van der Waals surface area (Å²) in [7, 11) is 0. The Balaban J connectivity index is 1.03. The molecule has 0 amide bonds. The SMILES string of the molecule is C=CC(=O)OCCOCCOCCOCCOCCOC1CC2CC1C1CC=CC21. The van der Waals surface area contributed by atoms with Gasteiger partial charge < -0.3 is 28.4 Å². The minimum Gasteiger partial charge on any atom is -0.460 e. The van der Waals surface area contributed by atoms with Crippen LogP contribution in [0.15, 0.2) is 24.8 Å². The maximum atomic E-state index is 10.8. The van der Waals surface area contributed by atoms with Crippen LogP contribution in [0.5, 0.6) is 0 Å². The second-order valence-electron chi connectivity index (χ2n) is 8.03. The van der Waals surface area contributed by atoms with Crippen LogP contribution in [-0.4, -0.2) is 78.1 Å². The summed E-state index contributed by atoms with van der Waals surface area (Å²) in [4.78, 5) is 10.8. The first kappa shape index (κ1) is 23.4. The Bertz CT molecular complexity index is 550. The van der Waals surface area contributed by atoms with E-state index in [2.05, 4.69) is 18.7 Å². The fourth-order valence-corrected chi connectivity index (χ4v) is 4.97. The fraction of sp³-hybridized carbons (Fsp3) is 0.783. The number of rotatable bonds is 17. The van der Waals surface area contributed by atoms with E-state index in [-0.39, 0.29) is 6.61 Å². The van der Waals surface area contributed by atoms with Gasteiger partial charge in [0, 0.05) is 6.08 Å². The van der Waals surface area contributed by atoms with Crippen molar-refractivity contribution in [3.8, 4) is 0 Å². The Kier molecular flexibility index (Phi) is 10.3. The van der Waals surface area contributed by atoms with E-state index in [4.69, 9.17) is 28.4 Å². The lowest BCUT2D eigenvalue weighted by atomic mass is 9.80. The molecule has 2 saturated carbocycles. The van der Waals surface area contributed by atoms with E-state index in [0.29, 0.717) is 65.6 Å². The predicted molar refractivity (Wildman–Crippen MR) is 111 cm³/mol. The molecule has 0 N–H and O–H groups in total. The number of allylic oxidation sites excluding steroid dienone is 2. The Labute approximate surface area is 179 Å². The van der Waals surface area contributed by atoms with Crippen LogP contribution >= 0.6 is 0 Å². The van der Waals surface area contributed by atoms with Gasteiger partial charge in [-0.25, -0.2) is 4.79 Å². The van der Waals surface area contributed by atoms with Crippen LogP contribution in [0, 0.1) is 23.7 Å². The Morgan fingerprint density at radius 1 is 0.833 bits per heavy atom. The van der Waals surface area contributed by atoms with E-state index in [1.54, 1.807) is 0 Å². The fourth-order valence-electron chi connectivity index (χ4n) is 4.97. The first-order valence-corrected chi connectivity index (χ1v) is 11.2. The van der Waals surface area contributed by atoms with Crippen LogP contribution in [0.1, 0.15) is 19.3 Å². The normalized spacial score (nSPS) is 28.7. The molecule has 2 fully saturated rings.